The van der Waals surface area contributed by atoms with Crippen molar-refractivity contribution >= 4 is 17.9 Å². The number of hydrogen-bond acceptors (Lipinski definition) is 6. The first kappa shape index (κ1) is 28.4. The Bertz CT molecular complexity index is 806. The summed E-state index contributed by atoms with van der Waals surface area (Å²) in [7, 11) is 0. The van der Waals surface area contributed by atoms with Crippen molar-refractivity contribution in [2.75, 3.05) is 26.3 Å². The van der Waals surface area contributed by atoms with Gasteiger partial charge < -0.3 is 30.5 Å². The van der Waals surface area contributed by atoms with Gasteiger partial charge in [0.25, 0.3) is 0 Å². The lowest BCUT2D eigenvalue weighted by molar-refractivity contribution is -0.143. The molecule has 3 amide bonds. The Balaban J connectivity index is 3.35. The largest absolute Gasteiger partial charge is 0.444 e. The van der Waals surface area contributed by atoms with Crippen LogP contribution in [0, 0.1) is 13.8 Å². The van der Waals surface area contributed by atoms with E-state index in [2.05, 4.69) is 10.6 Å². The monoisotopic (exact) mass is 465 g/mol. The maximum absolute atomic E-state index is 13.4. The molecular weight excluding hydrogens is 426 g/mol. The van der Waals surface area contributed by atoms with Crippen molar-refractivity contribution in [3.8, 4) is 0 Å². The van der Waals surface area contributed by atoms with Crippen LogP contribution in [-0.4, -0.2) is 71.0 Å². The standard InChI is InChI=1S/C24H39N3O6/c1-7-8-12-25-21(30)20(18-11-9-10-16(2)17(18)3)27(13-14-28)22(31)19(15-29)26-23(32)33-24(4,5)6/h9-11,19-20,28-29H,7-8,12-15H2,1-6H3,(H,25,30)(H,26,32). The van der Waals surface area contributed by atoms with Gasteiger partial charge in [-0.15, -0.1) is 0 Å². The molecule has 9 heteroatoms. The molecule has 0 spiro atoms. The van der Waals surface area contributed by atoms with E-state index >= 15 is 0 Å². The maximum Gasteiger partial charge on any atom is 0.408 e. The van der Waals surface area contributed by atoms with Crippen molar-refractivity contribution in [2.24, 2.45) is 0 Å². The van der Waals surface area contributed by atoms with E-state index < -0.39 is 48.8 Å². The minimum atomic E-state index is -1.34. The van der Waals surface area contributed by atoms with Crippen molar-refractivity contribution in [1.82, 2.24) is 15.5 Å². The van der Waals surface area contributed by atoms with Gasteiger partial charge in [0.05, 0.1) is 13.2 Å². The quantitative estimate of drug-likeness (QED) is 0.370. The van der Waals surface area contributed by atoms with Crippen LogP contribution < -0.4 is 10.6 Å². The number of unbranched alkanes of at least 4 members (excludes halogenated alkanes) is 1. The molecular formula is C24H39N3O6. The highest BCUT2D eigenvalue weighted by Crippen LogP contribution is 2.27. The van der Waals surface area contributed by atoms with Gasteiger partial charge in [0, 0.05) is 13.1 Å². The van der Waals surface area contributed by atoms with Gasteiger partial charge in [0.15, 0.2) is 0 Å². The average molecular weight is 466 g/mol. The van der Waals surface area contributed by atoms with E-state index in [0.717, 1.165) is 24.0 Å². The van der Waals surface area contributed by atoms with Crippen molar-refractivity contribution < 1.29 is 29.3 Å². The summed E-state index contributed by atoms with van der Waals surface area (Å²) in [6.07, 6.45) is 0.799. The van der Waals surface area contributed by atoms with Gasteiger partial charge in [-0.2, -0.15) is 0 Å². The summed E-state index contributed by atoms with van der Waals surface area (Å²) >= 11 is 0. The Labute approximate surface area is 196 Å². The van der Waals surface area contributed by atoms with Gasteiger partial charge >= 0.3 is 6.09 Å². The smallest absolute Gasteiger partial charge is 0.408 e. The molecule has 4 N–H and O–H groups in total. The zero-order chi connectivity index (χ0) is 25.2. The highest BCUT2D eigenvalue weighted by molar-refractivity contribution is 5.92. The molecule has 0 aliphatic rings. The van der Waals surface area contributed by atoms with Crippen molar-refractivity contribution in [2.45, 2.75) is 72.1 Å². The first-order chi connectivity index (χ1) is 15.5. The molecule has 0 aliphatic heterocycles. The van der Waals surface area contributed by atoms with E-state index in [1.807, 2.05) is 26.8 Å². The van der Waals surface area contributed by atoms with Crippen molar-refractivity contribution in [1.29, 1.82) is 0 Å². The number of ether oxygens (including phenoxy) is 1. The van der Waals surface area contributed by atoms with Gasteiger partial charge in [-0.1, -0.05) is 31.5 Å². The van der Waals surface area contributed by atoms with Crippen molar-refractivity contribution in [3.63, 3.8) is 0 Å². The van der Waals surface area contributed by atoms with E-state index in [1.54, 1.807) is 32.9 Å². The Morgan fingerprint density at radius 1 is 1.15 bits per heavy atom. The van der Waals surface area contributed by atoms with E-state index in [1.165, 1.54) is 4.90 Å². The summed E-state index contributed by atoms with van der Waals surface area (Å²) in [5.41, 5.74) is 1.60. The number of aryl methyl sites for hydroxylation is 1. The molecule has 0 aliphatic carbocycles. The fourth-order valence-electron chi connectivity index (χ4n) is 3.32. The summed E-state index contributed by atoms with van der Waals surface area (Å²) in [4.78, 5) is 40.1. The molecule has 0 saturated heterocycles. The first-order valence-corrected chi connectivity index (χ1v) is 11.3. The number of carbonyl (C=O) groups is 3. The predicted octanol–water partition coefficient (Wildman–Crippen LogP) is 1.97. The molecule has 2 atom stereocenters. The SMILES string of the molecule is CCCCNC(=O)C(c1cccc(C)c1C)N(CCO)C(=O)C(CO)NC(=O)OC(C)(C)C. The molecule has 0 fully saturated rings. The summed E-state index contributed by atoms with van der Waals surface area (Å²) in [5, 5.41) is 24.8. The number of alkyl carbamates (subject to hydrolysis) is 1. The summed E-state index contributed by atoms with van der Waals surface area (Å²) in [6, 6.07) is 3.08. The van der Waals surface area contributed by atoms with Gasteiger partial charge in [-0.05, 0) is 57.7 Å². The third-order valence-corrected chi connectivity index (χ3v) is 5.13. The van der Waals surface area contributed by atoms with E-state index in [0.29, 0.717) is 12.1 Å². The third-order valence-electron chi connectivity index (χ3n) is 5.13. The molecule has 0 aromatic heterocycles. The van der Waals surface area contributed by atoms with E-state index in [9.17, 15) is 24.6 Å². The zero-order valence-corrected chi connectivity index (χ0v) is 20.6. The van der Waals surface area contributed by atoms with Crippen LogP contribution in [0.4, 0.5) is 4.79 Å². The molecule has 186 valence electrons. The Hall–Kier alpha value is -2.65. The molecule has 0 bridgehead atoms. The van der Waals surface area contributed by atoms with Crippen LogP contribution in [-0.2, 0) is 14.3 Å². The number of carbonyl (C=O) groups excluding carboxylic acids is 3. The number of rotatable bonds is 11. The summed E-state index contributed by atoms with van der Waals surface area (Å²) in [6.45, 7) is 9.99. The number of aliphatic hydroxyl groups excluding tert-OH is 2. The number of hydrogen-bond donors (Lipinski definition) is 4. The molecule has 9 nitrogen and oxygen atoms in total. The van der Waals surface area contributed by atoms with Crippen LogP contribution in [0.2, 0.25) is 0 Å². The highest BCUT2D eigenvalue weighted by Gasteiger charge is 2.36. The van der Waals surface area contributed by atoms with Crippen molar-refractivity contribution in [3.05, 3.63) is 34.9 Å². The number of benzene rings is 1. The van der Waals surface area contributed by atoms with Crippen LogP contribution in [0.25, 0.3) is 0 Å². The van der Waals surface area contributed by atoms with Gasteiger partial charge in [0.2, 0.25) is 11.8 Å². The number of amides is 3. The average Bonchev–Trinajstić information content (AvgIpc) is 2.73. The molecule has 0 saturated carbocycles. The molecule has 1 rings (SSSR count). The normalized spacial score (nSPS) is 13.1. The fourth-order valence-corrected chi connectivity index (χ4v) is 3.32. The highest BCUT2D eigenvalue weighted by atomic mass is 16.6. The number of aliphatic hydroxyl groups is 2. The van der Waals surface area contributed by atoms with Crippen LogP contribution in [0.3, 0.4) is 0 Å². The van der Waals surface area contributed by atoms with Crippen LogP contribution >= 0.6 is 0 Å². The first-order valence-electron chi connectivity index (χ1n) is 11.3. The molecule has 1 aromatic carbocycles. The lowest BCUT2D eigenvalue weighted by atomic mass is 9.95. The summed E-state index contributed by atoms with van der Waals surface area (Å²) < 4.78 is 5.19. The third kappa shape index (κ3) is 8.66. The maximum atomic E-state index is 13.4. The Kier molecular flexibility index (Phi) is 11.3. The van der Waals surface area contributed by atoms with Crippen LogP contribution in [0.15, 0.2) is 18.2 Å². The van der Waals surface area contributed by atoms with Gasteiger partial charge in [0.1, 0.15) is 17.7 Å². The Morgan fingerprint density at radius 3 is 2.36 bits per heavy atom. The Morgan fingerprint density at radius 2 is 1.82 bits per heavy atom. The second kappa shape index (κ2) is 13.2. The van der Waals surface area contributed by atoms with Crippen LogP contribution in [0.5, 0.6) is 0 Å². The lowest BCUT2D eigenvalue weighted by Gasteiger charge is -2.34. The molecule has 1 aromatic rings. The topological polar surface area (TPSA) is 128 Å². The van der Waals surface area contributed by atoms with Gasteiger partial charge in [-0.3, -0.25) is 9.59 Å². The number of nitrogens with one attached hydrogen (secondary N) is 2. The molecule has 2 unspecified atom stereocenters. The summed E-state index contributed by atoms with van der Waals surface area (Å²) in [5.74, 6) is -1.10. The minimum Gasteiger partial charge on any atom is -0.444 e. The van der Waals surface area contributed by atoms with E-state index in [4.69, 9.17) is 4.74 Å². The van der Waals surface area contributed by atoms with Gasteiger partial charge in [-0.25, -0.2) is 4.79 Å². The zero-order valence-electron chi connectivity index (χ0n) is 20.6. The molecule has 0 heterocycles. The minimum absolute atomic E-state index is 0.162. The molecule has 33 heavy (non-hydrogen) atoms. The predicted molar refractivity (Wildman–Crippen MR) is 126 cm³/mol. The van der Waals surface area contributed by atoms with E-state index in [-0.39, 0.29) is 6.54 Å². The lowest BCUT2D eigenvalue weighted by Crippen LogP contribution is -2.55. The molecule has 0 radical (unpaired) electrons. The fraction of sp³-hybridized carbons (Fsp3) is 0.625. The second-order valence-electron chi connectivity index (χ2n) is 8.97. The number of nitrogens with zero attached hydrogens (tertiary/aromatic N) is 1. The second-order valence-corrected chi connectivity index (χ2v) is 8.97. The van der Waals surface area contributed by atoms with Crippen LogP contribution in [0.1, 0.15) is 63.3 Å².